The number of nitrogens with one attached hydrogen (secondary N) is 3. The van der Waals surface area contributed by atoms with Gasteiger partial charge in [0, 0.05) is 6.42 Å². The first-order valence-corrected chi connectivity index (χ1v) is 9.69. The van der Waals surface area contributed by atoms with Crippen molar-refractivity contribution in [1.82, 2.24) is 16.0 Å². The van der Waals surface area contributed by atoms with Crippen molar-refractivity contribution in [3.05, 3.63) is 29.8 Å². The number of carbonyl (C=O) groups is 4. The summed E-state index contributed by atoms with van der Waals surface area (Å²) in [6, 6.07) is 2.86. The molecule has 0 aliphatic carbocycles. The van der Waals surface area contributed by atoms with Crippen molar-refractivity contribution >= 4 is 23.7 Å². The van der Waals surface area contributed by atoms with Gasteiger partial charge in [0.15, 0.2) is 0 Å². The molecule has 3 amide bonds. The first-order chi connectivity index (χ1) is 14.1. The van der Waals surface area contributed by atoms with Crippen LogP contribution in [0.2, 0.25) is 0 Å². The third kappa shape index (κ3) is 7.70. The number of benzene rings is 1. The zero-order valence-electron chi connectivity index (χ0n) is 17.3. The molecule has 0 radical (unpaired) electrons. The van der Waals surface area contributed by atoms with Gasteiger partial charge in [-0.25, -0.2) is 4.79 Å². The molecule has 1 aromatic carbocycles. The molecule has 166 valence electrons. The Kier molecular flexibility index (Phi) is 9.76. The molecule has 0 aliphatic heterocycles. The maximum Gasteiger partial charge on any atom is 0.326 e. The van der Waals surface area contributed by atoms with Crippen LogP contribution in [-0.4, -0.2) is 58.6 Å². The van der Waals surface area contributed by atoms with Gasteiger partial charge in [-0.3, -0.25) is 14.4 Å². The molecule has 0 aliphatic rings. The van der Waals surface area contributed by atoms with Gasteiger partial charge in [0.25, 0.3) is 0 Å². The minimum Gasteiger partial charge on any atom is -0.508 e. The standard InChI is InChI=1S/C20H30N4O6/c1-4-11(2)17(24-18(27)12(3)22-16(26)10-21)19(28)23-15(20(29)30)9-13-5-7-14(25)8-6-13/h5-8,11-12,15,17,25H,4,9-10,21H2,1-3H3,(H,22,26)(H,23,28)(H,24,27)(H,29,30). The molecule has 4 unspecified atom stereocenters. The van der Waals surface area contributed by atoms with E-state index >= 15 is 0 Å². The van der Waals surface area contributed by atoms with Gasteiger partial charge in [0.1, 0.15) is 23.9 Å². The van der Waals surface area contributed by atoms with Crippen molar-refractivity contribution in [2.75, 3.05) is 6.54 Å². The summed E-state index contributed by atoms with van der Waals surface area (Å²) in [5.74, 6) is -3.19. The number of aromatic hydroxyl groups is 1. The maximum atomic E-state index is 12.8. The molecule has 1 aromatic rings. The van der Waals surface area contributed by atoms with Crippen LogP contribution in [0.25, 0.3) is 0 Å². The number of phenolic OH excluding ortho intramolecular Hbond substituents is 1. The normalized spacial score (nSPS) is 14.7. The lowest BCUT2D eigenvalue weighted by Gasteiger charge is -2.27. The summed E-state index contributed by atoms with van der Waals surface area (Å²) in [6.45, 7) is 4.77. The predicted molar refractivity (Wildman–Crippen MR) is 109 cm³/mol. The van der Waals surface area contributed by atoms with Crippen LogP contribution in [0.1, 0.15) is 32.8 Å². The van der Waals surface area contributed by atoms with E-state index in [4.69, 9.17) is 5.73 Å². The summed E-state index contributed by atoms with van der Waals surface area (Å²) < 4.78 is 0. The number of phenols is 1. The number of carboxylic acids is 1. The fraction of sp³-hybridized carbons (Fsp3) is 0.500. The summed E-state index contributed by atoms with van der Waals surface area (Å²) >= 11 is 0. The van der Waals surface area contributed by atoms with Crippen LogP contribution < -0.4 is 21.7 Å². The molecule has 10 nitrogen and oxygen atoms in total. The number of hydrogen-bond donors (Lipinski definition) is 6. The Labute approximate surface area is 175 Å². The van der Waals surface area contributed by atoms with Crippen molar-refractivity contribution in [2.24, 2.45) is 11.7 Å². The summed E-state index contributed by atoms with van der Waals surface area (Å²) in [5.41, 5.74) is 5.83. The monoisotopic (exact) mass is 422 g/mol. The van der Waals surface area contributed by atoms with Crippen LogP contribution in [0, 0.1) is 5.92 Å². The molecule has 0 bridgehead atoms. The van der Waals surface area contributed by atoms with E-state index in [1.807, 2.05) is 6.92 Å². The van der Waals surface area contributed by atoms with E-state index < -0.39 is 41.8 Å². The first-order valence-electron chi connectivity index (χ1n) is 9.69. The fourth-order valence-corrected chi connectivity index (χ4v) is 2.68. The number of rotatable bonds is 11. The smallest absolute Gasteiger partial charge is 0.326 e. The van der Waals surface area contributed by atoms with Gasteiger partial charge in [0.05, 0.1) is 6.54 Å². The lowest BCUT2D eigenvalue weighted by Crippen LogP contribution is -2.57. The minimum absolute atomic E-state index is 0.00544. The van der Waals surface area contributed by atoms with Gasteiger partial charge in [-0.15, -0.1) is 0 Å². The topological polar surface area (TPSA) is 171 Å². The molecular weight excluding hydrogens is 392 g/mol. The number of aliphatic carboxylic acids is 1. The predicted octanol–water partition coefficient (Wildman–Crippen LogP) is -0.502. The molecule has 1 rings (SSSR count). The third-order valence-electron chi connectivity index (χ3n) is 4.74. The second-order valence-corrected chi connectivity index (χ2v) is 7.14. The Bertz CT molecular complexity index is 752. The van der Waals surface area contributed by atoms with Gasteiger partial charge >= 0.3 is 5.97 Å². The van der Waals surface area contributed by atoms with Crippen molar-refractivity contribution in [2.45, 2.75) is 51.7 Å². The van der Waals surface area contributed by atoms with E-state index in [1.165, 1.54) is 19.1 Å². The zero-order chi connectivity index (χ0) is 22.8. The van der Waals surface area contributed by atoms with Crippen LogP contribution in [0.3, 0.4) is 0 Å². The molecule has 4 atom stereocenters. The van der Waals surface area contributed by atoms with Gasteiger partial charge in [0.2, 0.25) is 17.7 Å². The minimum atomic E-state index is -1.23. The van der Waals surface area contributed by atoms with Crippen LogP contribution in [0.15, 0.2) is 24.3 Å². The molecule has 0 spiro atoms. The SMILES string of the molecule is CCC(C)C(NC(=O)C(C)NC(=O)CN)C(=O)NC(Cc1ccc(O)cc1)C(=O)O. The lowest BCUT2D eigenvalue weighted by atomic mass is 9.97. The van der Waals surface area contributed by atoms with Crippen LogP contribution in [-0.2, 0) is 25.6 Å². The second-order valence-electron chi connectivity index (χ2n) is 7.14. The van der Waals surface area contributed by atoms with Crippen molar-refractivity contribution in [3.63, 3.8) is 0 Å². The summed E-state index contributed by atoms with van der Waals surface area (Å²) in [4.78, 5) is 48.2. The van der Waals surface area contributed by atoms with Crippen LogP contribution in [0.5, 0.6) is 5.75 Å². The lowest BCUT2D eigenvalue weighted by molar-refractivity contribution is -0.142. The average molecular weight is 422 g/mol. The maximum absolute atomic E-state index is 12.8. The highest BCUT2D eigenvalue weighted by molar-refractivity contribution is 5.93. The van der Waals surface area contributed by atoms with Crippen molar-refractivity contribution in [3.8, 4) is 5.75 Å². The van der Waals surface area contributed by atoms with Crippen molar-refractivity contribution < 1.29 is 29.4 Å². The fourth-order valence-electron chi connectivity index (χ4n) is 2.68. The summed E-state index contributed by atoms with van der Waals surface area (Å²) in [6.07, 6.45) is 0.559. The average Bonchev–Trinajstić information content (AvgIpc) is 2.71. The van der Waals surface area contributed by atoms with E-state index in [0.717, 1.165) is 0 Å². The molecule has 0 fully saturated rings. The zero-order valence-corrected chi connectivity index (χ0v) is 17.3. The number of nitrogens with two attached hydrogens (primary N) is 1. The number of hydrogen-bond acceptors (Lipinski definition) is 6. The Balaban J connectivity index is 2.89. The van der Waals surface area contributed by atoms with Crippen molar-refractivity contribution in [1.29, 1.82) is 0 Å². The highest BCUT2D eigenvalue weighted by Crippen LogP contribution is 2.13. The Morgan fingerprint density at radius 2 is 1.60 bits per heavy atom. The number of carbonyl (C=O) groups excluding carboxylic acids is 3. The third-order valence-corrected chi connectivity index (χ3v) is 4.74. The summed E-state index contributed by atoms with van der Waals surface area (Å²) in [7, 11) is 0. The molecule has 0 saturated heterocycles. The number of carboxylic acid groups (broad SMARTS) is 1. The molecular formula is C20H30N4O6. The molecule has 30 heavy (non-hydrogen) atoms. The Morgan fingerprint density at radius 1 is 1.00 bits per heavy atom. The van der Waals surface area contributed by atoms with Gasteiger partial charge in [-0.1, -0.05) is 32.4 Å². The molecule has 0 aromatic heterocycles. The molecule has 0 heterocycles. The molecule has 0 saturated carbocycles. The van der Waals surface area contributed by atoms with Gasteiger partial charge in [-0.05, 0) is 30.5 Å². The quantitative estimate of drug-likeness (QED) is 0.279. The van der Waals surface area contributed by atoms with E-state index in [1.54, 1.807) is 19.1 Å². The first kappa shape index (κ1) is 24.9. The highest BCUT2D eigenvalue weighted by atomic mass is 16.4. The Hall–Kier alpha value is -3.14. The van der Waals surface area contributed by atoms with E-state index in [0.29, 0.717) is 12.0 Å². The highest BCUT2D eigenvalue weighted by Gasteiger charge is 2.31. The Morgan fingerprint density at radius 3 is 2.10 bits per heavy atom. The second kappa shape index (κ2) is 11.8. The number of amides is 3. The summed E-state index contributed by atoms with van der Waals surface area (Å²) in [5, 5.41) is 26.3. The largest absolute Gasteiger partial charge is 0.508 e. The van der Waals surface area contributed by atoms with Crippen LogP contribution in [0.4, 0.5) is 0 Å². The van der Waals surface area contributed by atoms with E-state index in [2.05, 4.69) is 16.0 Å². The van der Waals surface area contributed by atoms with Gasteiger partial charge < -0.3 is 31.9 Å². The molecule has 10 heteroatoms. The van der Waals surface area contributed by atoms with Crippen LogP contribution >= 0.6 is 0 Å². The molecule has 7 N–H and O–H groups in total. The van der Waals surface area contributed by atoms with E-state index in [-0.39, 0.29) is 24.6 Å². The van der Waals surface area contributed by atoms with Gasteiger partial charge in [-0.2, -0.15) is 0 Å². The van der Waals surface area contributed by atoms with E-state index in [9.17, 15) is 29.4 Å².